The predicted molar refractivity (Wildman–Crippen MR) is 150 cm³/mol. The van der Waals surface area contributed by atoms with E-state index in [0.29, 0.717) is 40.1 Å². The van der Waals surface area contributed by atoms with Crippen molar-refractivity contribution in [2.75, 3.05) is 6.61 Å². The molecule has 0 atom stereocenters. The number of aliphatic hydroxyl groups excluding tert-OH is 1. The lowest BCUT2D eigenvalue weighted by atomic mass is 10.1. The minimum atomic E-state index is -0.348. The van der Waals surface area contributed by atoms with Gasteiger partial charge in [-0.25, -0.2) is 4.99 Å². The van der Waals surface area contributed by atoms with Gasteiger partial charge in [-0.1, -0.05) is 72.5 Å². The Morgan fingerprint density at radius 2 is 1.67 bits per heavy atom. The molecule has 180 valence electrons. The average molecular weight is 495 g/mol. The van der Waals surface area contributed by atoms with Crippen LogP contribution < -0.4 is 4.74 Å². The highest BCUT2D eigenvalue weighted by molar-refractivity contribution is 6.35. The van der Waals surface area contributed by atoms with Crippen LogP contribution in [0.1, 0.15) is 35.6 Å². The molecule has 0 aliphatic rings. The summed E-state index contributed by atoms with van der Waals surface area (Å²) in [4.78, 5) is 8.82. The van der Waals surface area contributed by atoms with Crippen molar-refractivity contribution < 1.29 is 9.84 Å². The number of aliphatic hydroxyl groups is 1. The van der Waals surface area contributed by atoms with Crippen LogP contribution in [0.25, 0.3) is 0 Å². The number of halogens is 1. The molecule has 0 bridgehead atoms. The normalized spacial score (nSPS) is 11.6. The molecule has 0 saturated heterocycles. The molecule has 0 amide bonds. The highest BCUT2D eigenvalue weighted by atomic mass is 35.5. The maximum atomic E-state index is 9.79. The van der Waals surface area contributed by atoms with Crippen molar-refractivity contribution in [2.45, 2.75) is 13.3 Å². The van der Waals surface area contributed by atoms with Gasteiger partial charge in [0.2, 0.25) is 5.88 Å². The highest BCUT2D eigenvalue weighted by Crippen LogP contribution is 2.28. The van der Waals surface area contributed by atoms with Crippen LogP contribution in [0.2, 0.25) is 5.02 Å². The maximum Gasteiger partial charge on any atom is 0.205 e. The molecule has 0 aliphatic heterocycles. The van der Waals surface area contributed by atoms with Crippen molar-refractivity contribution in [1.82, 2.24) is 0 Å². The Balaban J connectivity index is 1.88. The van der Waals surface area contributed by atoms with Crippen LogP contribution in [0, 0.1) is 11.8 Å². The second kappa shape index (κ2) is 13.5. The van der Waals surface area contributed by atoms with Crippen molar-refractivity contribution in [1.29, 1.82) is 0 Å². The van der Waals surface area contributed by atoms with Gasteiger partial charge in [0.25, 0.3) is 0 Å². The molecule has 0 saturated carbocycles. The zero-order valence-electron chi connectivity index (χ0n) is 20.1. The van der Waals surface area contributed by atoms with E-state index >= 15 is 0 Å². The largest absolute Gasteiger partial charge is 0.494 e. The van der Waals surface area contributed by atoms with Crippen molar-refractivity contribution in [3.8, 4) is 17.6 Å². The van der Waals surface area contributed by atoms with E-state index in [1.54, 1.807) is 12.1 Å². The van der Waals surface area contributed by atoms with Gasteiger partial charge in [0, 0.05) is 16.7 Å². The van der Waals surface area contributed by atoms with E-state index in [1.807, 2.05) is 85.8 Å². The lowest BCUT2D eigenvalue weighted by Gasteiger charge is -2.13. The quantitative estimate of drug-likeness (QED) is 0.0878. The van der Waals surface area contributed by atoms with E-state index in [1.165, 1.54) is 0 Å². The van der Waals surface area contributed by atoms with E-state index in [0.717, 1.165) is 17.5 Å². The fourth-order valence-electron chi connectivity index (χ4n) is 3.26. The molecule has 0 aromatic heterocycles. The SMILES string of the molecule is C=C/C=C\CCOc1cccc(Cl)c1C(C)=NC(=NC(=C)O)c1ccc(C#Cc2ccccc2)cc1. The first kappa shape index (κ1) is 26.3. The molecule has 0 fully saturated rings. The van der Waals surface area contributed by atoms with Crippen molar-refractivity contribution >= 4 is 23.1 Å². The van der Waals surface area contributed by atoms with Crippen LogP contribution >= 0.6 is 11.6 Å². The van der Waals surface area contributed by atoms with E-state index in [9.17, 15) is 5.11 Å². The molecule has 1 N–H and O–H groups in total. The first-order valence-corrected chi connectivity index (χ1v) is 11.7. The number of aliphatic imine (C=N–C) groups is 2. The van der Waals surface area contributed by atoms with Crippen molar-refractivity contribution in [3.63, 3.8) is 0 Å². The Hall–Kier alpha value is -4.33. The molecular formula is C31H27ClN2O2. The summed E-state index contributed by atoms with van der Waals surface area (Å²) < 4.78 is 5.96. The third-order valence-electron chi connectivity index (χ3n) is 4.93. The zero-order chi connectivity index (χ0) is 25.8. The molecule has 5 heteroatoms. The lowest BCUT2D eigenvalue weighted by molar-refractivity contribution is 0.324. The third-order valence-corrected chi connectivity index (χ3v) is 5.24. The number of amidine groups is 1. The summed E-state index contributed by atoms with van der Waals surface area (Å²) in [6.07, 6.45) is 6.30. The van der Waals surface area contributed by atoms with Gasteiger partial charge >= 0.3 is 0 Å². The second-order valence-corrected chi connectivity index (χ2v) is 8.06. The van der Waals surface area contributed by atoms with Crippen molar-refractivity contribution in [3.05, 3.63) is 137 Å². The number of rotatable bonds is 8. The highest BCUT2D eigenvalue weighted by Gasteiger charge is 2.13. The van der Waals surface area contributed by atoms with Gasteiger partial charge in [-0.15, -0.1) is 0 Å². The van der Waals surface area contributed by atoms with Gasteiger partial charge in [-0.05, 0) is 68.5 Å². The summed E-state index contributed by atoms with van der Waals surface area (Å²) in [5.41, 5.74) is 3.73. The van der Waals surface area contributed by atoms with Crippen LogP contribution in [0.15, 0.2) is 120 Å². The Bertz CT molecular complexity index is 1360. The van der Waals surface area contributed by atoms with E-state index in [-0.39, 0.29) is 5.88 Å². The molecular weight excluding hydrogens is 468 g/mol. The number of hydrogen-bond donors (Lipinski definition) is 1. The number of benzene rings is 3. The van der Waals surface area contributed by atoms with Gasteiger partial charge in [-0.3, -0.25) is 0 Å². The predicted octanol–water partition coefficient (Wildman–Crippen LogP) is 7.54. The molecule has 36 heavy (non-hydrogen) atoms. The zero-order valence-corrected chi connectivity index (χ0v) is 20.9. The molecule has 0 aliphatic carbocycles. The minimum absolute atomic E-state index is 0.294. The van der Waals surface area contributed by atoms with Gasteiger partial charge in [-0.2, -0.15) is 4.99 Å². The van der Waals surface area contributed by atoms with Gasteiger partial charge < -0.3 is 9.84 Å². The summed E-state index contributed by atoms with van der Waals surface area (Å²) >= 11 is 6.52. The van der Waals surface area contributed by atoms with Crippen LogP contribution in [0.3, 0.4) is 0 Å². The van der Waals surface area contributed by atoms with Gasteiger partial charge in [0.15, 0.2) is 5.84 Å². The smallest absolute Gasteiger partial charge is 0.205 e. The fraction of sp³-hybridized carbons (Fsp3) is 0.0968. The number of hydrogen-bond acceptors (Lipinski definition) is 3. The molecule has 0 unspecified atom stereocenters. The standard InChI is InChI=1S/C31H27ClN2O2/c1-4-5-6-10-22-36-29-15-11-14-28(32)30(29)23(2)33-31(34-24(3)35)27-20-18-26(19-21-27)17-16-25-12-8-7-9-13-25/h4-9,11-15,18-21,35H,1,3,10,22H2,2H3/b6-5-,33-23?,34-31?. The fourth-order valence-corrected chi connectivity index (χ4v) is 3.57. The monoisotopic (exact) mass is 494 g/mol. The Kier molecular flexibility index (Phi) is 9.88. The first-order valence-electron chi connectivity index (χ1n) is 11.4. The van der Waals surface area contributed by atoms with Crippen LogP contribution in [-0.4, -0.2) is 23.3 Å². The number of nitrogens with zero attached hydrogens (tertiary/aromatic N) is 2. The molecule has 3 rings (SSSR count). The van der Waals surface area contributed by atoms with Crippen molar-refractivity contribution in [2.24, 2.45) is 9.98 Å². The molecule has 0 radical (unpaired) electrons. The molecule has 0 heterocycles. The van der Waals surface area contributed by atoms with E-state index in [4.69, 9.17) is 16.3 Å². The van der Waals surface area contributed by atoms with E-state index in [2.05, 4.69) is 35.0 Å². The topological polar surface area (TPSA) is 54.2 Å². The molecule has 3 aromatic carbocycles. The van der Waals surface area contributed by atoms with E-state index < -0.39 is 0 Å². The van der Waals surface area contributed by atoms with Crippen LogP contribution in [0.4, 0.5) is 0 Å². The second-order valence-electron chi connectivity index (χ2n) is 7.66. The summed E-state index contributed by atoms with van der Waals surface area (Å²) in [5.74, 6) is 6.84. The van der Waals surface area contributed by atoms with Gasteiger partial charge in [0.05, 0.1) is 22.9 Å². The maximum absolute atomic E-state index is 9.79. The average Bonchev–Trinajstić information content (AvgIpc) is 2.87. The number of allylic oxidation sites excluding steroid dienone is 2. The van der Waals surface area contributed by atoms with Crippen LogP contribution in [0.5, 0.6) is 5.75 Å². The first-order chi connectivity index (χ1) is 17.5. The molecule has 0 spiro atoms. The van der Waals surface area contributed by atoms with Crippen LogP contribution in [-0.2, 0) is 0 Å². The Morgan fingerprint density at radius 3 is 2.33 bits per heavy atom. The summed E-state index contributed by atoms with van der Waals surface area (Å²) in [6.45, 7) is 9.45. The summed E-state index contributed by atoms with van der Waals surface area (Å²) in [7, 11) is 0. The minimum Gasteiger partial charge on any atom is -0.494 e. The Labute approximate surface area is 217 Å². The molecule has 3 aromatic rings. The lowest BCUT2D eigenvalue weighted by Crippen LogP contribution is -2.08. The Morgan fingerprint density at radius 1 is 0.972 bits per heavy atom. The number of ether oxygens (including phenoxy) is 1. The summed E-state index contributed by atoms with van der Waals surface area (Å²) in [5, 5.41) is 10.3. The summed E-state index contributed by atoms with van der Waals surface area (Å²) in [6, 6.07) is 22.7. The third kappa shape index (κ3) is 7.87. The van der Waals surface area contributed by atoms with Gasteiger partial charge in [0.1, 0.15) is 5.75 Å². The molecule has 4 nitrogen and oxygen atoms in total.